The van der Waals surface area contributed by atoms with Crippen LogP contribution in [0.5, 0.6) is 0 Å². The summed E-state index contributed by atoms with van der Waals surface area (Å²) in [6, 6.07) is 5.38. The quantitative estimate of drug-likeness (QED) is 0.661. The lowest BCUT2D eigenvalue weighted by molar-refractivity contribution is -0.0239. The molecular formula is C12H18N2O4. The fraction of sp³-hybridized carbons (Fsp3) is 0.583. The van der Waals surface area contributed by atoms with Crippen molar-refractivity contribution in [3.05, 3.63) is 23.9 Å². The van der Waals surface area contributed by atoms with Crippen molar-refractivity contribution in [1.29, 1.82) is 0 Å². The highest BCUT2D eigenvalue weighted by Gasteiger charge is 2.43. The fourth-order valence-corrected chi connectivity index (χ4v) is 1.99. The van der Waals surface area contributed by atoms with Gasteiger partial charge in [0, 0.05) is 14.1 Å². The number of rotatable bonds is 3. The summed E-state index contributed by atoms with van der Waals surface area (Å²) in [5.74, 6) is 0.741. The Hall–Kier alpha value is -1.21. The van der Waals surface area contributed by atoms with Crippen LogP contribution in [0.1, 0.15) is 11.8 Å². The Morgan fingerprint density at radius 2 is 2.00 bits per heavy atom. The van der Waals surface area contributed by atoms with E-state index in [2.05, 4.69) is 4.98 Å². The Labute approximate surface area is 105 Å². The van der Waals surface area contributed by atoms with Crippen molar-refractivity contribution in [3.8, 4) is 0 Å². The van der Waals surface area contributed by atoms with Crippen LogP contribution in [-0.4, -0.2) is 59.3 Å². The van der Waals surface area contributed by atoms with Gasteiger partial charge in [-0.1, -0.05) is 6.07 Å². The van der Waals surface area contributed by atoms with E-state index in [1.54, 1.807) is 6.07 Å². The van der Waals surface area contributed by atoms with Gasteiger partial charge in [-0.15, -0.1) is 0 Å². The molecule has 2 rings (SSSR count). The van der Waals surface area contributed by atoms with Crippen LogP contribution in [0.3, 0.4) is 0 Å². The molecule has 0 spiro atoms. The maximum atomic E-state index is 9.90. The molecule has 1 aromatic heterocycles. The predicted molar refractivity (Wildman–Crippen MR) is 65.3 cm³/mol. The van der Waals surface area contributed by atoms with Gasteiger partial charge in [-0.05, 0) is 12.1 Å². The Balaban J connectivity index is 2.24. The summed E-state index contributed by atoms with van der Waals surface area (Å²) in [4.78, 5) is 6.19. The molecule has 6 nitrogen and oxygen atoms in total. The number of aliphatic hydroxyl groups is 3. The van der Waals surface area contributed by atoms with Crippen LogP contribution in [0.15, 0.2) is 18.2 Å². The summed E-state index contributed by atoms with van der Waals surface area (Å²) in [5.41, 5.74) is 0.545. The third kappa shape index (κ3) is 2.32. The van der Waals surface area contributed by atoms with Crippen molar-refractivity contribution in [2.75, 3.05) is 25.6 Å². The molecule has 3 N–H and O–H groups in total. The number of anilines is 1. The van der Waals surface area contributed by atoms with Crippen LogP contribution >= 0.6 is 0 Å². The topological polar surface area (TPSA) is 86.1 Å². The van der Waals surface area contributed by atoms with Crippen molar-refractivity contribution in [2.45, 2.75) is 24.4 Å². The van der Waals surface area contributed by atoms with E-state index in [0.29, 0.717) is 5.69 Å². The normalized spacial score (nSPS) is 31.6. The van der Waals surface area contributed by atoms with Gasteiger partial charge in [-0.2, -0.15) is 0 Å². The lowest BCUT2D eigenvalue weighted by Crippen LogP contribution is -2.32. The smallest absolute Gasteiger partial charge is 0.129 e. The lowest BCUT2D eigenvalue weighted by atomic mass is 10.1. The van der Waals surface area contributed by atoms with Crippen LogP contribution < -0.4 is 4.90 Å². The summed E-state index contributed by atoms with van der Waals surface area (Å²) in [5, 5.41) is 28.6. The highest BCUT2D eigenvalue weighted by atomic mass is 16.6. The first kappa shape index (κ1) is 13.2. The molecule has 0 aromatic carbocycles. The van der Waals surface area contributed by atoms with E-state index in [1.807, 2.05) is 31.1 Å². The number of pyridine rings is 1. The van der Waals surface area contributed by atoms with Crippen molar-refractivity contribution in [2.24, 2.45) is 0 Å². The van der Waals surface area contributed by atoms with Gasteiger partial charge in [0.25, 0.3) is 0 Å². The number of nitrogens with zero attached hydrogens (tertiary/aromatic N) is 2. The van der Waals surface area contributed by atoms with E-state index in [-0.39, 0.29) is 6.61 Å². The molecule has 1 aliphatic heterocycles. The second-order valence-electron chi connectivity index (χ2n) is 4.57. The second kappa shape index (κ2) is 5.19. The van der Waals surface area contributed by atoms with Crippen molar-refractivity contribution >= 4 is 5.82 Å². The molecule has 18 heavy (non-hydrogen) atoms. The van der Waals surface area contributed by atoms with E-state index in [0.717, 1.165) is 5.82 Å². The van der Waals surface area contributed by atoms with Gasteiger partial charge in [0.2, 0.25) is 0 Å². The summed E-state index contributed by atoms with van der Waals surface area (Å²) in [6.07, 6.45) is -3.65. The molecule has 0 radical (unpaired) electrons. The fourth-order valence-electron chi connectivity index (χ4n) is 1.99. The average Bonchev–Trinajstić information content (AvgIpc) is 2.66. The standard InChI is InChI=1S/C12H18N2O4/c1-14(2)9-5-3-4-7(13-9)12-11(17)10(16)8(6-15)18-12/h3-5,8,10-12,15-17H,6H2,1-2H3/t8-,10-,11-,12+/m1/s1. The SMILES string of the molecule is CN(C)c1cccc([C@@H]2O[C@H](CO)[C@@H](O)[C@H]2O)n1. The summed E-state index contributed by atoms with van der Waals surface area (Å²) < 4.78 is 5.42. The number of aliphatic hydroxyl groups excluding tert-OH is 3. The molecule has 0 unspecified atom stereocenters. The van der Waals surface area contributed by atoms with E-state index in [4.69, 9.17) is 9.84 Å². The van der Waals surface area contributed by atoms with Gasteiger partial charge in [0.1, 0.15) is 30.2 Å². The molecule has 6 heteroatoms. The molecule has 0 amide bonds. The first-order valence-electron chi connectivity index (χ1n) is 5.81. The van der Waals surface area contributed by atoms with Gasteiger partial charge in [-0.3, -0.25) is 0 Å². The Morgan fingerprint density at radius 1 is 1.28 bits per heavy atom. The minimum atomic E-state index is -1.09. The van der Waals surface area contributed by atoms with Gasteiger partial charge < -0.3 is 25.0 Å². The number of aromatic nitrogens is 1. The summed E-state index contributed by atoms with van der Waals surface area (Å²) >= 11 is 0. The monoisotopic (exact) mass is 254 g/mol. The van der Waals surface area contributed by atoms with Gasteiger partial charge in [0.15, 0.2) is 0 Å². The zero-order chi connectivity index (χ0) is 13.3. The first-order chi connectivity index (χ1) is 8.54. The maximum absolute atomic E-state index is 9.90. The van der Waals surface area contributed by atoms with E-state index in [9.17, 15) is 10.2 Å². The molecule has 1 aromatic rings. The average molecular weight is 254 g/mol. The zero-order valence-corrected chi connectivity index (χ0v) is 10.4. The third-order valence-electron chi connectivity index (χ3n) is 3.05. The van der Waals surface area contributed by atoms with Crippen LogP contribution in [0.2, 0.25) is 0 Å². The van der Waals surface area contributed by atoms with E-state index < -0.39 is 24.4 Å². The minimum absolute atomic E-state index is 0.331. The van der Waals surface area contributed by atoms with Crippen molar-refractivity contribution in [1.82, 2.24) is 4.98 Å². The van der Waals surface area contributed by atoms with Crippen LogP contribution in [0, 0.1) is 0 Å². The summed E-state index contributed by atoms with van der Waals surface area (Å²) in [6.45, 7) is -0.331. The molecule has 2 heterocycles. The van der Waals surface area contributed by atoms with Crippen molar-refractivity contribution in [3.63, 3.8) is 0 Å². The Bertz CT molecular complexity index is 413. The number of hydrogen-bond acceptors (Lipinski definition) is 6. The molecule has 1 fully saturated rings. The number of ether oxygens (including phenoxy) is 1. The predicted octanol–water partition coefficient (Wildman–Crippen LogP) is -0.698. The number of hydrogen-bond donors (Lipinski definition) is 3. The second-order valence-corrected chi connectivity index (χ2v) is 4.57. The van der Waals surface area contributed by atoms with Gasteiger partial charge >= 0.3 is 0 Å². The first-order valence-corrected chi connectivity index (χ1v) is 5.81. The summed E-state index contributed by atoms with van der Waals surface area (Å²) in [7, 11) is 3.73. The molecule has 4 atom stereocenters. The molecule has 100 valence electrons. The zero-order valence-electron chi connectivity index (χ0n) is 10.4. The van der Waals surface area contributed by atoms with Crippen molar-refractivity contribution < 1.29 is 20.1 Å². The van der Waals surface area contributed by atoms with Crippen LogP contribution in [-0.2, 0) is 4.74 Å². The Morgan fingerprint density at radius 3 is 2.56 bits per heavy atom. The molecule has 0 saturated carbocycles. The molecule has 0 aliphatic carbocycles. The molecule has 1 saturated heterocycles. The van der Waals surface area contributed by atoms with Crippen LogP contribution in [0.4, 0.5) is 5.82 Å². The minimum Gasteiger partial charge on any atom is -0.394 e. The lowest BCUT2D eigenvalue weighted by Gasteiger charge is -2.17. The highest BCUT2D eigenvalue weighted by molar-refractivity contribution is 5.37. The molecule has 1 aliphatic rings. The molecular weight excluding hydrogens is 236 g/mol. The largest absolute Gasteiger partial charge is 0.394 e. The van der Waals surface area contributed by atoms with Crippen LogP contribution in [0.25, 0.3) is 0 Å². The van der Waals surface area contributed by atoms with Gasteiger partial charge in [-0.25, -0.2) is 4.98 Å². The maximum Gasteiger partial charge on any atom is 0.129 e. The van der Waals surface area contributed by atoms with E-state index in [1.165, 1.54) is 0 Å². The third-order valence-corrected chi connectivity index (χ3v) is 3.05. The molecule has 0 bridgehead atoms. The Kier molecular flexibility index (Phi) is 3.82. The van der Waals surface area contributed by atoms with E-state index >= 15 is 0 Å². The highest BCUT2D eigenvalue weighted by Crippen LogP contribution is 2.32. The van der Waals surface area contributed by atoms with Gasteiger partial charge in [0.05, 0.1) is 12.3 Å².